The van der Waals surface area contributed by atoms with Gasteiger partial charge in [0.2, 0.25) is 5.91 Å². The van der Waals surface area contributed by atoms with Crippen molar-refractivity contribution < 1.29 is 4.79 Å². The van der Waals surface area contributed by atoms with Crippen molar-refractivity contribution >= 4 is 29.3 Å². The van der Waals surface area contributed by atoms with E-state index in [0.29, 0.717) is 11.2 Å². The molecule has 2 aromatic heterocycles. The first-order chi connectivity index (χ1) is 6.27. The third kappa shape index (κ3) is 1.80. The Morgan fingerprint density at radius 3 is 2.86 bits per heavy atom. The van der Waals surface area contributed by atoms with Crippen molar-refractivity contribution in [2.24, 2.45) is 5.73 Å². The summed E-state index contributed by atoms with van der Waals surface area (Å²) in [6.07, 6.45) is 3.08. The van der Waals surface area contributed by atoms with E-state index in [1.54, 1.807) is 18.3 Å². The fourth-order valence-electron chi connectivity index (χ4n) is 1.10. The van der Waals surface area contributed by atoms with Gasteiger partial charge < -0.3 is 5.73 Å². The van der Waals surface area contributed by atoms with Crippen LogP contribution in [0.15, 0.2) is 30.6 Å². The van der Waals surface area contributed by atoms with Crippen LogP contribution in [0, 0.1) is 0 Å². The summed E-state index contributed by atoms with van der Waals surface area (Å²) < 4.78 is 0. The van der Waals surface area contributed by atoms with Gasteiger partial charge in [-0.3, -0.25) is 4.79 Å². The standard InChI is InChI=1S/C9H7N3O.ClH/c10-8(13)7-4-6-2-1-3-11-9(6)12-5-7;/h1-5H,(H2,10,13);1H. The van der Waals surface area contributed by atoms with E-state index in [1.165, 1.54) is 6.20 Å². The molecule has 0 radical (unpaired) electrons. The molecule has 72 valence electrons. The minimum Gasteiger partial charge on any atom is -0.366 e. The molecule has 0 aliphatic carbocycles. The van der Waals surface area contributed by atoms with Crippen LogP contribution in [0.3, 0.4) is 0 Å². The van der Waals surface area contributed by atoms with Gasteiger partial charge in [0.1, 0.15) is 0 Å². The molecule has 2 rings (SSSR count). The summed E-state index contributed by atoms with van der Waals surface area (Å²) >= 11 is 0. The predicted octanol–water partition coefficient (Wildman–Crippen LogP) is 1.15. The quantitative estimate of drug-likeness (QED) is 0.766. The van der Waals surface area contributed by atoms with Gasteiger partial charge >= 0.3 is 0 Å². The van der Waals surface area contributed by atoms with E-state index >= 15 is 0 Å². The number of aromatic nitrogens is 2. The van der Waals surface area contributed by atoms with Crippen LogP contribution >= 0.6 is 12.4 Å². The number of primary amides is 1. The first-order valence-corrected chi connectivity index (χ1v) is 3.78. The first-order valence-electron chi connectivity index (χ1n) is 3.78. The molecule has 0 bridgehead atoms. The highest BCUT2D eigenvalue weighted by Crippen LogP contribution is 2.09. The van der Waals surface area contributed by atoms with E-state index in [4.69, 9.17) is 5.73 Å². The number of carbonyl (C=O) groups is 1. The van der Waals surface area contributed by atoms with Gasteiger partial charge in [-0.05, 0) is 18.2 Å². The first kappa shape index (κ1) is 10.4. The lowest BCUT2D eigenvalue weighted by Crippen LogP contribution is -2.11. The maximum atomic E-state index is 10.8. The molecule has 0 spiro atoms. The van der Waals surface area contributed by atoms with Crippen LogP contribution < -0.4 is 5.73 Å². The molecule has 2 N–H and O–H groups in total. The van der Waals surface area contributed by atoms with Crippen LogP contribution in [-0.4, -0.2) is 15.9 Å². The minimum atomic E-state index is -0.474. The van der Waals surface area contributed by atoms with E-state index in [-0.39, 0.29) is 12.4 Å². The van der Waals surface area contributed by atoms with Crippen molar-refractivity contribution in [3.8, 4) is 0 Å². The monoisotopic (exact) mass is 209 g/mol. The average molecular weight is 210 g/mol. The van der Waals surface area contributed by atoms with Crippen molar-refractivity contribution in [2.45, 2.75) is 0 Å². The Morgan fingerprint density at radius 2 is 2.14 bits per heavy atom. The van der Waals surface area contributed by atoms with Crippen molar-refractivity contribution in [3.05, 3.63) is 36.2 Å². The zero-order valence-corrected chi connectivity index (χ0v) is 7.99. The minimum absolute atomic E-state index is 0. The molecule has 0 saturated carbocycles. The average Bonchev–Trinajstić information content (AvgIpc) is 2.17. The Labute approximate surface area is 86.6 Å². The lowest BCUT2D eigenvalue weighted by atomic mass is 10.2. The fourth-order valence-corrected chi connectivity index (χ4v) is 1.10. The molecule has 0 aliphatic heterocycles. The number of pyridine rings is 2. The smallest absolute Gasteiger partial charge is 0.250 e. The molecular weight excluding hydrogens is 202 g/mol. The third-order valence-corrected chi connectivity index (χ3v) is 1.74. The molecule has 14 heavy (non-hydrogen) atoms. The molecule has 5 heteroatoms. The van der Waals surface area contributed by atoms with Crippen molar-refractivity contribution in [1.82, 2.24) is 9.97 Å². The Hall–Kier alpha value is -1.68. The topological polar surface area (TPSA) is 68.9 Å². The molecule has 0 fully saturated rings. The molecule has 0 atom stereocenters. The molecule has 2 aromatic rings. The van der Waals surface area contributed by atoms with E-state index < -0.39 is 5.91 Å². The Balaban J connectivity index is 0.000000980. The highest BCUT2D eigenvalue weighted by Gasteiger charge is 2.01. The highest BCUT2D eigenvalue weighted by molar-refractivity contribution is 5.95. The maximum absolute atomic E-state index is 10.8. The maximum Gasteiger partial charge on any atom is 0.250 e. The van der Waals surface area contributed by atoms with E-state index in [1.807, 2.05) is 6.07 Å². The number of amides is 1. The number of hydrogen-bond acceptors (Lipinski definition) is 3. The van der Waals surface area contributed by atoms with Crippen LogP contribution in [0.2, 0.25) is 0 Å². The number of hydrogen-bond donors (Lipinski definition) is 1. The van der Waals surface area contributed by atoms with Gasteiger partial charge in [-0.2, -0.15) is 0 Å². The normalized spacial score (nSPS) is 9.43. The molecule has 1 amide bonds. The number of carbonyl (C=O) groups excluding carboxylic acids is 1. The summed E-state index contributed by atoms with van der Waals surface area (Å²) in [4.78, 5) is 18.8. The summed E-state index contributed by atoms with van der Waals surface area (Å²) in [6, 6.07) is 5.30. The van der Waals surface area contributed by atoms with Gasteiger partial charge in [0.05, 0.1) is 5.56 Å². The van der Waals surface area contributed by atoms with E-state index in [9.17, 15) is 4.79 Å². The van der Waals surface area contributed by atoms with Crippen molar-refractivity contribution in [2.75, 3.05) is 0 Å². The Bertz CT molecular complexity index is 472. The molecular formula is C9H8ClN3O. The summed E-state index contributed by atoms with van der Waals surface area (Å²) in [5.41, 5.74) is 6.13. The zero-order valence-electron chi connectivity index (χ0n) is 7.18. The van der Waals surface area contributed by atoms with Gasteiger partial charge in [0.25, 0.3) is 0 Å². The highest BCUT2D eigenvalue weighted by atomic mass is 35.5. The van der Waals surface area contributed by atoms with Crippen LogP contribution in [0.1, 0.15) is 10.4 Å². The van der Waals surface area contributed by atoms with Crippen molar-refractivity contribution in [1.29, 1.82) is 0 Å². The second-order valence-corrected chi connectivity index (χ2v) is 2.64. The Kier molecular flexibility index (Phi) is 2.99. The lowest BCUT2D eigenvalue weighted by molar-refractivity contribution is 0.1000. The summed E-state index contributed by atoms with van der Waals surface area (Å²) in [6.45, 7) is 0. The van der Waals surface area contributed by atoms with Gasteiger partial charge in [-0.15, -0.1) is 12.4 Å². The number of fused-ring (bicyclic) bond motifs is 1. The van der Waals surface area contributed by atoms with Gasteiger partial charge in [-0.25, -0.2) is 9.97 Å². The van der Waals surface area contributed by atoms with E-state index in [2.05, 4.69) is 9.97 Å². The Morgan fingerprint density at radius 1 is 1.36 bits per heavy atom. The molecule has 0 saturated heterocycles. The second-order valence-electron chi connectivity index (χ2n) is 2.64. The largest absolute Gasteiger partial charge is 0.366 e. The summed E-state index contributed by atoms with van der Waals surface area (Å²) in [5, 5.41) is 0.818. The SMILES string of the molecule is Cl.NC(=O)c1cnc2ncccc2c1. The van der Waals surface area contributed by atoms with Crippen LogP contribution in [0.25, 0.3) is 11.0 Å². The van der Waals surface area contributed by atoms with Crippen LogP contribution in [0.5, 0.6) is 0 Å². The number of rotatable bonds is 1. The number of halogens is 1. The predicted molar refractivity (Wildman–Crippen MR) is 55.3 cm³/mol. The number of nitrogens with zero attached hydrogens (tertiary/aromatic N) is 2. The summed E-state index contributed by atoms with van der Waals surface area (Å²) in [5.74, 6) is -0.474. The molecule has 2 heterocycles. The third-order valence-electron chi connectivity index (χ3n) is 1.74. The van der Waals surface area contributed by atoms with Crippen LogP contribution in [0.4, 0.5) is 0 Å². The van der Waals surface area contributed by atoms with Crippen molar-refractivity contribution in [3.63, 3.8) is 0 Å². The lowest BCUT2D eigenvalue weighted by Gasteiger charge is -1.97. The molecule has 0 aliphatic rings. The van der Waals surface area contributed by atoms with Crippen LogP contribution in [-0.2, 0) is 0 Å². The van der Waals surface area contributed by atoms with Gasteiger partial charge in [0, 0.05) is 17.8 Å². The second kappa shape index (κ2) is 4.02. The van der Waals surface area contributed by atoms with Gasteiger partial charge in [0.15, 0.2) is 5.65 Å². The van der Waals surface area contributed by atoms with Gasteiger partial charge in [-0.1, -0.05) is 0 Å². The van der Waals surface area contributed by atoms with E-state index in [0.717, 1.165) is 5.39 Å². The molecule has 0 unspecified atom stereocenters. The molecule has 4 nitrogen and oxygen atoms in total. The fraction of sp³-hybridized carbons (Fsp3) is 0. The summed E-state index contributed by atoms with van der Waals surface area (Å²) in [7, 11) is 0. The zero-order chi connectivity index (χ0) is 9.26. The molecule has 0 aromatic carbocycles. The number of nitrogens with two attached hydrogens (primary N) is 1.